The molecule has 0 aliphatic carbocycles. The average Bonchev–Trinajstić information content (AvgIpc) is 2.94. The summed E-state index contributed by atoms with van der Waals surface area (Å²) >= 11 is 0. The van der Waals surface area contributed by atoms with Crippen LogP contribution >= 0.6 is 0 Å². The molecule has 1 aliphatic heterocycles. The highest BCUT2D eigenvalue weighted by Gasteiger charge is 2.43. The van der Waals surface area contributed by atoms with Crippen LogP contribution in [0, 0.1) is 5.41 Å². The van der Waals surface area contributed by atoms with Crippen LogP contribution in [0.4, 0.5) is 15.3 Å². The van der Waals surface area contributed by atoms with Crippen LogP contribution in [-0.4, -0.2) is 60.7 Å². The van der Waals surface area contributed by atoms with E-state index >= 15 is 0 Å². The Morgan fingerprint density at radius 1 is 0.875 bits per heavy atom. The lowest BCUT2D eigenvalue weighted by molar-refractivity contribution is -0.142. The molecule has 0 unspecified atom stereocenters. The molecule has 4 amide bonds. The summed E-state index contributed by atoms with van der Waals surface area (Å²) in [5.41, 5.74) is 1.02. The van der Waals surface area contributed by atoms with Crippen molar-refractivity contribution in [3.63, 3.8) is 0 Å². The Morgan fingerprint density at radius 3 is 2.12 bits per heavy atom. The Hall–Kier alpha value is -4.08. The van der Waals surface area contributed by atoms with Crippen LogP contribution in [0.5, 0.6) is 0 Å². The van der Waals surface area contributed by atoms with E-state index in [0.29, 0.717) is 25.1 Å². The number of hydrogen-bond donors (Lipinski definition) is 3. The third-order valence-corrected chi connectivity index (χ3v) is 6.72. The van der Waals surface area contributed by atoms with Crippen molar-refractivity contribution in [2.45, 2.75) is 59.1 Å². The Balaban J connectivity index is 1.61. The van der Waals surface area contributed by atoms with Crippen LogP contribution in [0.25, 0.3) is 0 Å². The summed E-state index contributed by atoms with van der Waals surface area (Å²) in [5, 5.41) is 8.16. The first kappa shape index (κ1) is 30.5. The minimum absolute atomic E-state index is 0.134. The number of anilines is 1. The van der Waals surface area contributed by atoms with Crippen LogP contribution in [0.1, 0.15) is 51.7 Å². The Bertz CT molecular complexity index is 1150. The first-order valence-corrected chi connectivity index (χ1v) is 13.6. The fourth-order valence-electron chi connectivity index (χ4n) is 4.34. The minimum Gasteiger partial charge on any atom is -0.448 e. The van der Waals surface area contributed by atoms with E-state index in [9.17, 15) is 19.2 Å². The van der Waals surface area contributed by atoms with Gasteiger partial charge in [0.1, 0.15) is 18.8 Å². The van der Waals surface area contributed by atoms with Gasteiger partial charge in [-0.25, -0.2) is 9.59 Å². The Labute approximate surface area is 235 Å². The molecule has 1 fully saturated rings. The number of alkyl carbamates (subject to hydrolysis) is 1. The predicted octanol–water partition coefficient (Wildman–Crippen LogP) is 4.25. The van der Waals surface area contributed by atoms with Crippen molar-refractivity contribution in [2.24, 2.45) is 5.41 Å². The van der Waals surface area contributed by atoms with Crippen molar-refractivity contribution in [1.82, 2.24) is 15.5 Å². The molecule has 1 heterocycles. The first-order chi connectivity index (χ1) is 19.0. The molecule has 3 N–H and O–H groups in total. The fourth-order valence-corrected chi connectivity index (χ4v) is 4.34. The van der Waals surface area contributed by atoms with Crippen molar-refractivity contribution in [1.29, 1.82) is 0 Å². The molecule has 10 nitrogen and oxygen atoms in total. The monoisotopic (exact) mass is 552 g/mol. The summed E-state index contributed by atoms with van der Waals surface area (Å²) in [6.45, 7) is 7.81. The van der Waals surface area contributed by atoms with Gasteiger partial charge in [-0.15, -0.1) is 0 Å². The molecule has 2 aromatic carbocycles. The molecule has 0 bridgehead atoms. The molecule has 216 valence electrons. The van der Waals surface area contributed by atoms with Gasteiger partial charge in [0.15, 0.2) is 0 Å². The highest BCUT2D eigenvalue weighted by Crippen LogP contribution is 2.33. The van der Waals surface area contributed by atoms with Crippen molar-refractivity contribution in [3.8, 4) is 0 Å². The number of ether oxygens (including phenoxy) is 2. The van der Waals surface area contributed by atoms with Gasteiger partial charge in [-0.2, -0.15) is 0 Å². The van der Waals surface area contributed by atoms with Crippen LogP contribution in [-0.2, 0) is 32.0 Å². The zero-order valence-corrected chi connectivity index (χ0v) is 23.7. The van der Waals surface area contributed by atoms with E-state index in [0.717, 1.165) is 17.5 Å². The van der Waals surface area contributed by atoms with Gasteiger partial charge >= 0.3 is 12.2 Å². The van der Waals surface area contributed by atoms with E-state index in [1.807, 2.05) is 42.5 Å². The van der Waals surface area contributed by atoms with E-state index in [4.69, 9.17) is 9.47 Å². The maximum absolute atomic E-state index is 13.5. The third-order valence-electron chi connectivity index (χ3n) is 6.72. The van der Waals surface area contributed by atoms with Gasteiger partial charge in [-0.1, -0.05) is 49.4 Å². The number of nitrogens with zero attached hydrogens (tertiary/aromatic N) is 1. The molecule has 0 aromatic heterocycles. The number of rotatable bonds is 9. The number of nitrogens with one attached hydrogen (secondary N) is 3. The van der Waals surface area contributed by atoms with E-state index in [2.05, 4.69) is 22.9 Å². The molecular formula is C30H40N4O6. The zero-order chi connectivity index (χ0) is 29.2. The molecule has 0 radical (unpaired) electrons. The lowest BCUT2D eigenvalue weighted by Crippen LogP contribution is -2.53. The van der Waals surface area contributed by atoms with E-state index in [-0.39, 0.29) is 38.1 Å². The van der Waals surface area contributed by atoms with Crippen molar-refractivity contribution < 1.29 is 28.7 Å². The highest BCUT2D eigenvalue weighted by molar-refractivity contribution is 5.87. The molecule has 2 aromatic rings. The maximum Gasteiger partial charge on any atom is 0.411 e. The van der Waals surface area contributed by atoms with E-state index < -0.39 is 23.2 Å². The Morgan fingerprint density at radius 2 is 1.52 bits per heavy atom. The van der Waals surface area contributed by atoms with Crippen LogP contribution in [0.15, 0.2) is 54.6 Å². The van der Waals surface area contributed by atoms with E-state index in [1.165, 1.54) is 0 Å². The number of carbonyl (C=O) groups excluding carboxylic acids is 4. The normalized spacial score (nSPS) is 14.6. The van der Waals surface area contributed by atoms with Gasteiger partial charge in [0, 0.05) is 25.3 Å². The second kappa shape index (κ2) is 13.8. The van der Waals surface area contributed by atoms with Crippen molar-refractivity contribution in [2.75, 3.05) is 31.6 Å². The SMILES string of the molecule is CCc1ccc(NC(=O)OCC2(C(=O)NCc3ccccc3)CCN(C(=O)CNC(=O)OC(C)(C)C)CC2)cc1. The number of hydrogen-bond acceptors (Lipinski definition) is 6. The van der Waals surface area contributed by atoms with Gasteiger partial charge in [0.2, 0.25) is 11.8 Å². The predicted molar refractivity (Wildman–Crippen MR) is 152 cm³/mol. The summed E-state index contributed by atoms with van der Waals surface area (Å²) in [6, 6.07) is 17.0. The van der Waals surface area contributed by atoms with Crippen LogP contribution in [0.3, 0.4) is 0 Å². The molecule has 0 spiro atoms. The second-order valence-corrected chi connectivity index (χ2v) is 10.9. The number of carbonyl (C=O) groups is 4. The topological polar surface area (TPSA) is 126 Å². The van der Waals surface area contributed by atoms with Crippen molar-refractivity contribution in [3.05, 3.63) is 65.7 Å². The number of amides is 4. The molecule has 40 heavy (non-hydrogen) atoms. The van der Waals surface area contributed by atoms with Gasteiger partial charge < -0.3 is 25.0 Å². The summed E-state index contributed by atoms with van der Waals surface area (Å²) < 4.78 is 10.7. The number of piperidine rings is 1. The lowest BCUT2D eigenvalue weighted by Gasteiger charge is -2.40. The van der Waals surface area contributed by atoms with Gasteiger partial charge in [0.25, 0.3) is 0 Å². The fraction of sp³-hybridized carbons (Fsp3) is 0.467. The minimum atomic E-state index is -1.01. The van der Waals surface area contributed by atoms with Gasteiger partial charge in [-0.05, 0) is 63.3 Å². The maximum atomic E-state index is 13.5. The summed E-state index contributed by atoms with van der Waals surface area (Å²) in [4.78, 5) is 52.3. The number of benzene rings is 2. The largest absolute Gasteiger partial charge is 0.448 e. The first-order valence-electron chi connectivity index (χ1n) is 13.6. The van der Waals surface area contributed by atoms with Gasteiger partial charge in [0.05, 0.1) is 5.41 Å². The molecular weight excluding hydrogens is 512 g/mol. The van der Waals surface area contributed by atoms with E-state index in [1.54, 1.807) is 37.8 Å². The number of aryl methyl sites for hydroxylation is 1. The quantitative estimate of drug-likeness (QED) is 0.427. The average molecular weight is 553 g/mol. The standard InChI is InChI=1S/C30H40N4O6/c1-5-22-11-13-24(14-12-22)33-28(38)39-21-30(26(36)31-19-23-9-7-6-8-10-23)15-17-34(18-16-30)25(35)20-32-27(37)40-29(2,3)4/h6-14H,5,15-21H2,1-4H3,(H,31,36)(H,32,37)(H,33,38). The van der Waals surface area contributed by atoms with Crippen molar-refractivity contribution >= 4 is 29.7 Å². The van der Waals surface area contributed by atoms with Crippen LogP contribution < -0.4 is 16.0 Å². The molecule has 0 atom stereocenters. The number of likely N-dealkylation sites (tertiary alicyclic amines) is 1. The summed E-state index contributed by atoms with van der Waals surface area (Å²) in [7, 11) is 0. The molecule has 1 saturated heterocycles. The molecule has 3 rings (SSSR count). The summed E-state index contributed by atoms with van der Waals surface area (Å²) in [6.07, 6.45) is 0.159. The second-order valence-electron chi connectivity index (χ2n) is 10.9. The smallest absolute Gasteiger partial charge is 0.411 e. The summed E-state index contributed by atoms with van der Waals surface area (Å²) in [5.74, 6) is -0.520. The molecule has 0 saturated carbocycles. The third kappa shape index (κ3) is 9.29. The highest BCUT2D eigenvalue weighted by atomic mass is 16.6. The zero-order valence-electron chi connectivity index (χ0n) is 23.7. The molecule has 1 aliphatic rings. The lowest BCUT2D eigenvalue weighted by atomic mass is 9.78. The van der Waals surface area contributed by atoms with Gasteiger partial charge in [-0.3, -0.25) is 14.9 Å². The molecule has 10 heteroatoms. The van der Waals surface area contributed by atoms with Crippen LogP contribution in [0.2, 0.25) is 0 Å². The Kier molecular flexibility index (Phi) is 10.5.